The maximum absolute atomic E-state index is 5.40. The third kappa shape index (κ3) is 3.23. The van der Waals surface area contributed by atoms with Crippen LogP contribution in [0.15, 0.2) is 35.7 Å². The molecule has 2 aromatic rings. The third-order valence-corrected chi connectivity index (χ3v) is 3.62. The zero-order valence-corrected chi connectivity index (χ0v) is 11.5. The Morgan fingerprint density at radius 1 is 1.28 bits per heavy atom. The van der Waals surface area contributed by atoms with Gasteiger partial charge in [0.1, 0.15) is 5.82 Å². The predicted molar refractivity (Wildman–Crippen MR) is 76.4 cm³/mol. The zero-order valence-electron chi connectivity index (χ0n) is 10.7. The summed E-state index contributed by atoms with van der Waals surface area (Å²) in [6.45, 7) is 4.77. The van der Waals surface area contributed by atoms with E-state index in [0.29, 0.717) is 18.5 Å². The Labute approximate surface area is 112 Å². The number of anilines is 1. The molecule has 0 radical (unpaired) electrons. The minimum absolute atomic E-state index is 0.314. The lowest BCUT2D eigenvalue weighted by molar-refractivity contribution is 0.327. The van der Waals surface area contributed by atoms with E-state index in [-0.39, 0.29) is 0 Å². The molecule has 3 nitrogen and oxygen atoms in total. The lowest BCUT2D eigenvalue weighted by Gasteiger charge is -2.16. The highest BCUT2D eigenvalue weighted by molar-refractivity contribution is 7.10. The standard InChI is InChI=1S/C14H18N2OS/c1-3-11(12-7-6-10-18-12)15-13-8-5-9-14(16-13)17-4-2/h5-11H,3-4H2,1-2H3,(H,15,16). The molecule has 0 amide bonds. The smallest absolute Gasteiger partial charge is 0.215 e. The quantitative estimate of drug-likeness (QED) is 0.851. The molecule has 2 rings (SSSR count). The minimum Gasteiger partial charge on any atom is -0.478 e. The Kier molecular flexibility index (Phi) is 4.59. The fraction of sp³-hybridized carbons (Fsp3) is 0.357. The van der Waals surface area contributed by atoms with Crippen molar-refractivity contribution in [2.75, 3.05) is 11.9 Å². The van der Waals surface area contributed by atoms with E-state index in [0.717, 1.165) is 12.2 Å². The van der Waals surface area contributed by atoms with Crippen LogP contribution in [0.5, 0.6) is 5.88 Å². The molecule has 0 fully saturated rings. The van der Waals surface area contributed by atoms with Gasteiger partial charge in [0, 0.05) is 10.9 Å². The second kappa shape index (κ2) is 6.40. The van der Waals surface area contributed by atoms with Crippen LogP contribution in [0.1, 0.15) is 31.2 Å². The maximum atomic E-state index is 5.40. The van der Waals surface area contributed by atoms with E-state index in [2.05, 4.69) is 34.7 Å². The van der Waals surface area contributed by atoms with Gasteiger partial charge in [-0.1, -0.05) is 19.1 Å². The minimum atomic E-state index is 0.314. The first-order chi connectivity index (χ1) is 8.83. The number of ether oxygens (including phenoxy) is 1. The topological polar surface area (TPSA) is 34.1 Å². The molecule has 0 aromatic carbocycles. The lowest BCUT2D eigenvalue weighted by Crippen LogP contribution is -2.09. The summed E-state index contributed by atoms with van der Waals surface area (Å²) in [7, 11) is 0. The number of hydrogen-bond acceptors (Lipinski definition) is 4. The number of nitrogens with one attached hydrogen (secondary N) is 1. The van der Waals surface area contributed by atoms with Crippen LogP contribution < -0.4 is 10.1 Å². The largest absolute Gasteiger partial charge is 0.478 e. The second-order valence-corrected chi connectivity index (χ2v) is 4.89. The molecule has 2 heterocycles. The molecular formula is C14H18N2OS. The van der Waals surface area contributed by atoms with E-state index < -0.39 is 0 Å². The summed E-state index contributed by atoms with van der Waals surface area (Å²) in [6, 6.07) is 10.3. The Morgan fingerprint density at radius 2 is 2.17 bits per heavy atom. The van der Waals surface area contributed by atoms with Gasteiger partial charge in [-0.25, -0.2) is 0 Å². The lowest BCUT2D eigenvalue weighted by atomic mass is 10.2. The van der Waals surface area contributed by atoms with Gasteiger partial charge >= 0.3 is 0 Å². The van der Waals surface area contributed by atoms with Gasteiger partial charge in [0.05, 0.1) is 12.6 Å². The molecule has 4 heteroatoms. The zero-order chi connectivity index (χ0) is 12.8. The van der Waals surface area contributed by atoms with Crippen molar-refractivity contribution in [1.82, 2.24) is 4.98 Å². The van der Waals surface area contributed by atoms with Gasteiger partial charge in [-0.3, -0.25) is 0 Å². The van der Waals surface area contributed by atoms with Crippen molar-refractivity contribution in [3.63, 3.8) is 0 Å². The fourth-order valence-electron chi connectivity index (χ4n) is 1.77. The average Bonchev–Trinajstić information content (AvgIpc) is 2.90. The molecule has 2 aromatic heterocycles. The van der Waals surface area contributed by atoms with E-state index in [1.165, 1.54) is 4.88 Å². The van der Waals surface area contributed by atoms with E-state index in [1.807, 2.05) is 25.1 Å². The molecule has 0 aliphatic heterocycles. The van der Waals surface area contributed by atoms with Crippen LogP contribution in [-0.2, 0) is 0 Å². The summed E-state index contributed by atoms with van der Waals surface area (Å²) in [6.07, 6.45) is 1.03. The molecule has 0 aliphatic rings. The third-order valence-electron chi connectivity index (χ3n) is 2.63. The summed E-state index contributed by atoms with van der Waals surface area (Å²) in [4.78, 5) is 5.77. The monoisotopic (exact) mass is 262 g/mol. The molecule has 0 aliphatic carbocycles. The highest BCUT2D eigenvalue weighted by atomic mass is 32.1. The number of thiophene rings is 1. The van der Waals surface area contributed by atoms with Crippen molar-refractivity contribution >= 4 is 17.2 Å². The second-order valence-electron chi connectivity index (χ2n) is 3.91. The Hall–Kier alpha value is -1.55. The Bertz CT molecular complexity index is 470. The molecule has 1 N–H and O–H groups in total. The van der Waals surface area contributed by atoms with Crippen molar-refractivity contribution in [3.8, 4) is 5.88 Å². The molecule has 0 spiro atoms. The van der Waals surface area contributed by atoms with Gasteiger partial charge in [-0.15, -0.1) is 11.3 Å². The predicted octanol–water partition coefficient (Wildman–Crippen LogP) is 4.11. The number of nitrogens with zero attached hydrogens (tertiary/aromatic N) is 1. The van der Waals surface area contributed by atoms with E-state index in [4.69, 9.17) is 4.74 Å². The van der Waals surface area contributed by atoms with Crippen molar-refractivity contribution in [2.45, 2.75) is 26.3 Å². The number of aromatic nitrogens is 1. The SMILES string of the molecule is CCOc1cccc(NC(CC)c2cccs2)n1. The van der Waals surface area contributed by atoms with Crippen LogP contribution in [-0.4, -0.2) is 11.6 Å². The molecule has 18 heavy (non-hydrogen) atoms. The van der Waals surface area contributed by atoms with Crippen LogP contribution >= 0.6 is 11.3 Å². The normalized spacial score (nSPS) is 12.1. The van der Waals surface area contributed by atoms with Gasteiger partial charge in [0.2, 0.25) is 5.88 Å². The van der Waals surface area contributed by atoms with Crippen molar-refractivity contribution in [2.24, 2.45) is 0 Å². The number of pyridine rings is 1. The van der Waals surface area contributed by atoms with Gasteiger partial charge in [0.25, 0.3) is 0 Å². The maximum Gasteiger partial charge on any atom is 0.215 e. The van der Waals surface area contributed by atoms with Crippen LogP contribution in [0.4, 0.5) is 5.82 Å². The first-order valence-corrected chi connectivity index (χ1v) is 7.11. The van der Waals surface area contributed by atoms with Gasteiger partial charge in [0.15, 0.2) is 0 Å². The van der Waals surface area contributed by atoms with Crippen LogP contribution in [0.2, 0.25) is 0 Å². The number of rotatable bonds is 6. The summed E-state index contributed by atoms with van der Waals surface area (Å²) in [5, 5.41) is 5.55. The van der Waals surface area contributed by atoms with Gasteiger partial charge in [-0.05, 0) is 30.9 Å². The van der Waals surface area contributed by atoms with Gasteiger partial charge < -0.3 is 10.1 Å². The summed E-state index contributed by atoms with van der Waals surface area (Å²) >= 11 is 1.77. The summed E-state index contributed by atoms with van der Waals surface area (Å²) in [5.41, 5.74) is 0. The van der Waals surface area contributed by atoms with Crippen LogP contribution in [0.3, 0.4) is 0 Å². The van der Waals surface area contributed by atoms with Crippen LogP contribution in [0.25, 0.3) is 0 Å². The van der Waals surface area contributed by atoms with E-state index in [9.17, 15) is 0 Å². The summed E-state index contributed by atoms with van der Waals surface area (Å²) in [5.74, 6) is 1.53. The Morgan fingerprint density at radius 3 is 2.83 bits per heavy atom. The van der Waals surface area contributed by atoms with Gasteiger partial charge in [-0.2, -0.15) is 4.98 Å². The molecule has 0 saturated heterocycles. The molecule has 0 saturated carbocycles. The van der Waals surface area contributed by atoms with E-state index >= 15 is 0 Å². The first-order valence-electron chi connectivity index (χ1n) is 6.23. The van der Waals surface area contributed by atoms with Crippen LogP contribution in [0, 0.1) is 0 Å². The van der Waals surface area contributed by atoms with Crippen molar-refractivity contribution in [1.29, 1.82) is 0 Å². The molecule has 0 bridgehead atoms. The van der Waals surface area contributed by atoms with Crippen molar-refractivity contribution < 1.29 is 4.74 Å². The highest BCUT2D eigenvalue weighted by Crippen LogP contribution is 2.26. The Balaban J connectivity index is 2.09. The molecule has 1 atom stereocenters. The fourth-order valence-corrected chi connectivity index (χ4v) is 2.63. The average molecular weight is 262 g/mol. The first kappa shape index (κ1) is 12.9. The highest BCUT2D eigenvalue weighted by Gasteiger charge is 2.10. The number of hydrogen-bond donors (Lipinski definition) is 1. The molecule has 1 unspecified atom stereocenters. The summed E-state index contributed by atoms with van der Waals surface area (Å²) < 4.78 is 5.40. The van der Waals surface area contributed by atoms with E-state index in [1.54, 1.807) is 11.3 Å². The molecule has 96 valence electrons. The molecular weight excluding hydrogens is 244 g/mol. The van der Waals surface area contributed by atoms with Crippen molar-refractivity contribution in [3.05, 3.63) is 40.6 Å².